The largest absolute Gasteiger partial charge is 0.494 e. The summed E-state index contributed by atoms with van der Waals surface area (Å²) < 4.78 is 5.48. The summed E-state index contributed by atoms with van der Waals surface area (Å²) >= 11 is 0. The molecule has 0 aliphatic rings. The molecule has 0 spiro atoms. The molecule has 1 atom stereocenters. The standard InChI is InChI=1S/C16H21N3O/c1-4-17-16(15-10-11-18-12(3)19-15)13-6-8-14(9-7-13)20-5-2/h6-11,16-17H,4-5H2,1-3H3. The Kier molecular flexibility index (Phi) is 5.07. The summed E-state index contributed by atoms with van der Waals surface area (Å²) in [6.45, 7) is 7.54. The van der Waals surface area contributed by atoms with Gasteiger partial charge in [0, 0.05) is 6.20 Å². The second-order valence-corrected chi connectivity index (χ2v) is 4.52. The van der Waals surface area contributed by atoms with Crippen LogP contribution in [-0.2, 0) is 0 Å². The van der Waals surface area contributed by atoms with Gasteiger partial charge in [-0.1, -0.05) is 19.1 Å². The van der Waals surface area contributed by atoms with Crippen molar-refractivity contribution in [2.45, 2.75) is 26.8 Å². The number of hydrogen-bond donors (Lipinski definition) is 1. The molecule has 1 aromatic carbocycles. The van der Waals surface area contributed by atoms with Gasteiger partial charge in [0.2, 0.25) is 0 Å². The Morgan fingerprint density at radius 2 is 1.90 bits per heavy atom. The minimum atomic E-state index is 0.0809. The van der Waals surface area contributed by atoms with Gasteiger partial charge in [0.1, 0.15) is 11.6 Å². The lowest BCUT2D eigenvalue weighted by Crippen LogP contribution is -2.23. The van der Waals surface area contributed by atoms with E-state index in [4.69, 9.17) is 4.74 Å². The van der Waals surface area contributed by atoms with E-state index in [1.165, 1.54) is 5.56 Å². The molecule has 2 rings (SSSR count). The number of aryl methyl sites for hydroxylation is 1. The Morgan fingerprint density at radius 3 is 2.50 bits per heavy atom. The fourth-order valence-corrected chi connectivity index (χ4v) is 2.16. The Labute approximate surface area is 120 Å². The van der Waals surface area contributed by atoms with Gasteiger partial charge in [-0.15, -0.1) is 0 Å². The summed E-state index contributed by atoms with van der Waals surface area (Å²) in [5.41, 5.74) is 2.16. The van der Waals surface area contributed by atoms with E-state index in [2.05, 4.69) is 34.3 Å². The van der Waals surface area contributed by atoms with Crippen molar-refractivity contribution >= 4 is 0 Å². The van der Waals surface area contributed by atoms with Crippen LogP contribution in [0.5, 0.6) is 5.75 Å². The summed E-state index contributed by atoms with van der Waals surface area (Å²) in [5.74, 6) is 1.68. The van der Waals surface area contributed by atoms with Crippen molar-refractivity contribution in [1.29, 1.82) is 0 Å². The van der Waals surface area contributed by atoms with E-state index in [1.54, 1.807) is 6.20 Å². The fraction of sp³-hybridized carbons (Fsp3) is 0.375. The van der Waals surface area contributed by atoms with Gasteiger partial charge in [0.15, 0.2) is 0 Å². The molecule has 0 amide bonds. The van der Waals surface area contributed by atoms with Gasteiger partial charge in [-0.3, -0.25) is 0 Å². The summed E-state index contributed by atoms with van der Waals surface area (Å²) in [7, 11) is 0. The van der Waals surface area contributed by atoms with Crippen LogP contribution in [0.4, 0.5) is 0 Å². The summed E-state index contributed by atoms with van der Waals surface area (Å²) in [4.78, 5) is 8.68. The minimum Gasteiger partial charge on any atom is -0.494 e. The lowest BCUT2D eigenvalue weighted by atomic mass is 10.0. The van der Waals surface area contributed by atoms with Gasteiger partial charge in [-0.2, -0.15) is 0 Å². The van der Waals surface area contributed by atoms with Crippen molar-refractivity contribution in [2.24, 2.45) is 0 Å². The first-order chi connectivity index (χ1) is 9.74. The highest BCUT2D eigenvalue weighted by molar-refractivity contribution is 5.33. The third kappa shape index (κ3) is 3.54. The second kappa shape index (κ2) is 7.01. The lowest BCUT2D eigenvalue weighted by Gasteiger charge is -2.18. The van der Waals surface area contributed by atoms with Crippen molar-refractivity contribution in [3.63, 3.8) is 0 Å². The number of benzene rings is 1. The molecule has 0 aliphatic carbocycles. The van der Waals surface area contributed by atoms with Crippen molar-refractivity contribution in [3.8, 4) is 5.75 Å². The van der Waals surface area contributed by atoms with Gasteiger partial charge < -0.3 is 10.1 Å². The number of ether oxygens (including phenoxy) is 1. The topological polar surface area (TPSA) is 47.0 Å². The van der Waals surface area contributed by atoms with Crippen molar-refractivity contribution in [3.05, 3.63) is 53.6 Å². The van der Waals surface area contributed by atoms with E-state index in [0.717, 1.165) is 23.8 Å². The zero-order valence-corrected chi connectivity index (χ0v) is 12.3. The van der Waals surface area contributed by atoms with Crippen LogP contribution in [0.2, 0.25) is 0 Å². The predicted octanol–water partition coefficient (Wildman–Crippen LogP) is 2.88. The Hall–Kier alpha value is -1.94. The number of hydrogen-bond acceptors (Lipinski definition) is 4. The van der Waals surface area contributed by atoms with Crippen molar-refractivity contribution < 1.29 is 4.74 Å². The first-order valence-corrected chi connectivity index (χ1v) is 7.00. The zero-order valence-electron chi connectivity index (χ0n) is 12.3. The number of aromatic nitrogens is 2. The highest BCUT2D eigenvalue weighted by Crippen LogP contribution is 2.22. The van der Waals surface area contributed by atoms with Crippen molar-refractivity contribution in [1.82, 2.24) is 15.3 Å². The van der Waals surface area contributed by atoms with Gasteiger partial charge in [0.05, 0.1) is 18.3 Å². The molecule has 0 radical (unpaired) electrons. The van der Waals surface area contributed by atoms with Crippen LogP contribution in [0, 0.1) is 6.92 Å². The molecule has 0 aliphatic heterocycles. The molecule has 20 heavy (non-hydrogen) atoms. The van der Waals surface area contributed by atoms with Crippen LogP contribution in [-0.4, -0.2) is 23.1 Å². The molecule has 1 N–H and O–H groups in total. The average molecular weight is 271 g/mol. The normalized spacial score (nSPS) is 12.2. The smallest absolute Gasteiger partial charge is 0.125 e. The molecule has 4 nitrogen and oxygen atoms in total. The molecule has 2 aromatic rings. The number of nitrogens with zero attached hydrogens (tertiary/aromatic N) is 2. The van der Waals surface area contributed by atoms with Gasteiger partial charge >= 0.3 is 0 Å². The minimum absolute atomic E-state index is 0.0809. The molecular formula is C16H21N3O. The second-order valence-electron chi connectivity index (χ2n) is 4.52. The predicted molar refractivity (Wildman–Crippen MR) is 79.9 cm³/mol. The van der Waals surface area contributed by atoms with E-state index in [9.17, 15) is 0 Å². The maximum absolute atomic E-state index is 5.48. The van der Waals surface area contributed by atoms with Crippen LogP contribution in [0.25, 0.3) is 0 Å². The molecule has 0 saturated heterocycles. The van der Waals surface area contributed by atoms with Gasteiger partial charge in [-0.05, 0) is 44.2 Å². The monoisotopic (exact) mass is 271 g/mol. The first kappa shape index (κ1) is 14.5. The molecule has 106 valence electrons. The molecule has 4 heteroatoms. The zero-order chi connectivity index (χ0) is 14.4. The summed E-state index contributed by atoms with van der Waals surface area (Å²) in [5, 5.41) is 3.46. The van der Waals surface area contributed by atoms with E-state index >= 15 is 0 Å². The quantitative estimate of drug-likeness (QED) is 0.877. The molecule has 0 fully saturated rings. The summed E-state index contributed by atoms with van der Waals surface area (Å²) in [6, 6.07) is 10.2. The maximum Gasteiger partial charge on any atom is 0.125 e. The van der Waals surface area contributed by atoms with Crippen LogP contribution < -0.4 is 10.1 Å². The van der Waals surface area contributed by atoms with Crippen LogP contribution in [0.1, 0.15) is 37.0 Å². The van der Waals surface area contributed by atoms with Crippen molar-refractivity contribution in [2.75, 3.05) is 13.2 Å². The highest BCUT2D eigenvalue weighted by Gasteiger charge is 2.14. The maximum atomic E-state index is 5.48. The Morgan fingerprint density at radius 1 is 1.15 bits per heavy atom. The van der Waals surface area contributed by atoms with E-state index in [1.807, 2.05) is 32.0 Å². The van der Waals surface area contributed by atoms with E-state index < -0.39 is 0 Å². The van der Waals surface area contributed by atoms with Crippen LogP contribution >= 0.6 is 0 Å². The van der Waals surface area contributed by atoms with Crippen LogP contribution in [0.3, 0.4) is 0 Å². The summed E-state index contributed by atoms with van der Waals surface area (Å²) in [6.07, 6.45) is 1.80. The highest BCUT2D eigenvalue weighted by atomic mass is 16.5. The Balaban J connectivity index is 2.28. The fourth-order valence-electron chi connectivity index (χ4n) is 2.16. The molecule has 1 unspecified atom stereocenters. The van der Waals surface area contributed by atoms with Gasteiger partial charge in [-0.25, -0.2) is 9.97 Å². The van der Waals surface area contributed by atoms with Crippen LogP contribution in [0.15, 0.2) is 36.5 Å². The van der Waals surface area contributed by atoms with E-state index in [-0.39, 0.29) is 6.04 Å². The third-order valence-electron chi connectivity index (χ3n) is 3.03. The first-order valence-electron chi connectivity index (χ1n) is 7.00. The molecular weight excluding hydrogens is 250 g/mol. The Bertz CT molecular complexity index is 540. The molecule has 1 heterocycles. The SMILES string of the molecule is CCNC(c1ccc(OCC)cc1)c1ccnc(C)n1. The third-order valence-corrected chi connectivity index (χ3v) is 3.03. The number of nitrogens with one attached hydrogen (secondary N) is 1. The molecule has 1 aromatic heterocycles. The molecule has 0 saturated carbocycles. The van der Waals surface area contributed by atoms with E-state index in [0.29, 0.717) is 6.61 Å². The lowest BCUT2D eigenvalue weighted by molar-refractivity contribution is 0.340. The number of rotatable bonds is 6. The van der Waals surface area contributed by atoms with Gasteiger partial charge in [0.25, 0.3) is 0 Å². The molecule has 0 bridgehead atoms. The average Bonchev–Trinajstić information content (AvgIpc) is 2.46.